The highest BCUT2D eigenvalue weighted by atomic mass is 31.2. The molecule has 77 heavy (non-hydrogen) atoms. The average molecular weight is 1100 g/mol. The minimum absolute atomic E-state index is 1.17. The van der Waals surface area contributed by atoms with E-state index in [1.807, 2.05) is 0 Å². The van der Waals surface area contributed by atoms with E-state index >= 15 is 0 Å². The highest BCUT2D eigenvalue weighted by molar-refractivity contribution is 7.40. The quantitative estimate of drug-likeness (QED) is 0.0319. The van der Waals surface area contributed by atoms with Crippen molar-refractivity contribution in [3.8, 4) is 0 Å². The molecule has 0 atom stereocenters. The molecule has 11 heteroatoms. The number of phosphoric acid groups is 1. The molecule has 0 N–H and O–H groups in total. The third-order valence-corrected chi connectivity index (χ3v) is 16.3. The smallest absolute Gasteiger partial charge is 0.204 e. The van der Waals surface area contributed by atoms with Gasteiger partial charge >= 0.3 is 0 Å². The van der Waals surface area contributed by atoms with Gasteiger partial charge in [0, 0.05) is 39.0 Å². The summed E-state index contributed by atoms with van der Waals surface area (Å²) >= 11 is 0. The van der Waals surface area contributed by atoms with Crippen LogP contribution in [0.1, 0.15) is 325 Å². The fourth-order valence-corrected chi connectivity index (χ4v) is 11.0. The zero-order valence-electron chi connectivity index (χ0n) is 53.3. The van der Waals surface area contributed by atoms with E-state index in [-0.39, 0.29) is 0 Å². The van der Waals surface area contributed by atoms with Crippen LogP contribution in [-0.4, -0.2) is 14.0 Å². The summed E-state index contributed by atoms with van der Waals surface area (Å²) in [6.45, 7) is 23.6. The Hall–Kier alpha value is -2.26. The molecule has 0 radical (unpaired) electrons. The molecule has 0 unspecified atom stereocenters. The molecular weight excluding hydrogens is 972 g/mol. The van der Waals surface area contributed by atoms with Gasteiger partial charge in [-0.15, -0.1) is 14.0 Å². The average Bonchev–Trinajstić information content (AvgIpc) is 3.89. The van der Waals surface area contributed by atoms with Crippen LogP contribution in [-0.2, 0) is 45.3 Å². The summed E-state index contributed by atoms with van der Waals surface area (Å²) in [4.78, 5) is 25.6. The molecule has 0 saturated heterocycles. The van der Waals surface area contributed by atoms with Crippen LogP contribution in [0.3, 0.4) is 0 Å². The summed E-state index contributed by atoms with van der Waals surface area (Å²) in [5.41, 5.74) is 8.26. The zero-order chi connectivity index (χ0) is 57.4. The first-order valence-corrected chi connectivity index (χ1v) is 34.3. The van der Waals surface area contributed by atoms with E-state index in [1.54, 1.807) is 0 Å². The van der Waals surface area contributed by atoms with Crippen molar-refractivity contribution in [2.24, 2.45) is 21.1 Å². The molecule has 0 fully saturated rings. The lowest BCUT2D eigenvalue weighted by Crippen LogP contribution is -2.41. The lowest BCUT2D eigenvalue weighted by molar-refractivity contribution is -0.759. The van der Waals surface area contributed by atoms with Crippen molar-refractivity contribution in [3.63, 3.8) is 0 Å². The number of unbranched alkanes of at least 4 members (excludes halogenated alkanes) is 39. The minimum Gasteiger partial charge on any atom is -0.822 e. The Kier molecular flexibility index (Phi) is 49.2. The molecule has 452 valence electrons. The lowest BCUT2D eigenvalue weighted by atomic mass is 10.0. The largest absolute Gasteiger partial charge is 0.822 e. The Balaban J connectivity index is 0.00000107. The number of aromatic nitrogens is 6. The Morgan fingerprint density at radius 2 is 0.429 bits per heavy atom. The summed E-state index contributed by atoms with van der Waals surface area (Å²) in [5.74, 6) is 0. The van der Waals surface area contributed by atoms with Gasteiger partial charge in [-0.1, -0.05) is 271 Å². The van der Waals surface area contributed by atoms with Crippen molar-refractivity contribution in [1.82, 2.24) is 14.0 Å². The molecule has 3 aromatic heterocycles. The molecule has 3 aromatic rings. The van der Waals surface area contributed by atoms with Gasteiger partial charge in [-0.2, -0.15) is 21.9 Å². The summed E-state index contributed by atoms with van der Waals surface area (Å²) in [5, 5.41) is 0. The normalized spacial score (nSPS) is 11.4. The minimum atomic E-state index is -5.39. The van der Waals surface area contributed by atoms with Gasteiger partial charge in [0.15, 0.2) is 21.1 Å². The van der Waals surface area contributed by atoms with Crippen LogP contribution in [0.5, 0.6) is 0 Å². The Labute approximate surface area is 478 Å². The third kappa shape index (κ3) is 43.2. The van der Waals surface area contributed by atoms with Gasteiger partial charge in [0.25, 0.3) is 0 Å². The van der Waals surface area contributed by atoms with Crippen LogP contribution >= 0.6 is 7.82 Å². The highest BCUT2D eigenvalue weighted by Gasteiger charge is 2.14. The van der Waals surface area contributed by atoms with Gasteiger partial charge in [0.05, 0.1) is 36.7 Å². The van der Waals surface area contributed by atoms with E-state index in [9.17, 15) is 0 Å². The third-order valence-electron chi connectivity index (χ3n) is 16.3. The Bertz CT molecular complexity index is 1630. The van der Waals surface area contributed by atoms with E-state index in [0.717, 1.165) is 0 Å². The monoisotopic (exact) mass is 1100 g/mol. The van der Waals surface area contributed by atoms with Crippen molar-refractivity contribution < 1.29 is 33.3 Å². The van der Waals surface area contributed by atoms with Crippen LogP contribution < -0.4 is 28.7 Å². The maximum atomic E-state index is 8.55. The van der Waals surface area contributed by atoms with E-state index in [0.29, 0.717) is 0 Å². The highest BCUT2D eigenvalue weighted by Crippen LogP contribution is 2.17. The predicted octanol–water partition coefficient (Wildman–Crippen LogP) is 16.4. The molecule has 0 aromatic carbocycles. The zero-order valence-corrected chi connectivity index (χ0v) is 54.2. The van der Waals surface area contributed by atoms with Gasteiger partial charge in [-0.05, 0) is 40.0 Å². The maximum Gasteiger partial charge on any atom is 0.204 e. The maximum absolute atomic E-state index is 8.55. The van der Waals surface area contributed by atoms with Crippen molar-refractivity contribution >= 4 is 7.82 Å². The van der Waals surface area contributed by atoms with E-state index in [2.05, 4.69) is 130 Å². The van der Waals surface area contributed by atoms with Gasteiger partial charge in [-0.3, -0.25) is 0 Å². The van der Waals surface area contributed by atoms with Gasteiger partial charge in [0.1, 0.15) is 0 Å². The number of hydrogen-bond donors (Lipinski definition) is 0. The predicted molar refractivity (Wildman–Crippen MR) is 324 cm³/mol. The Morgan fingerprint density at radius 3 is 0.545 bits per heavy atom. The number of aryl methyl sites for hydroxylation is 6. The second kappa shape index (κ2) is 50.7. The van der Waals surface area contributed by atoms with E-state index in [4.69, 9.17) is 19.2 Å². The SMILES string of the molecule is CCCCCCCCCCCCCCCCn1c(C)cc(C)[n+]1C.CCCCCCCCCCCCCCCCn1c(C)cc(C)[n+]1C.CCCCCCCCCCCCCCCCn1c(C)cc(C)[n+]1C.O=P([O-])([O-])[O-]. The molecule has 0 aliphatic heterocycles. The molecule has 10 nitrogen and oxygen atoms in total. The second-order valence-corrected chi connectivity index (χ2v) is 24.4. The molecule has 0 aliphatic rings. The van der Waals surface area contributed by atoms with Crippen LogP contribution in [0.2, 0.25) is 0 Å². The molecule has 0 saturated carbocycles. The van der Waals surface area contributed by atoms with E-state index < -0.39 is 7.82 Å². The van der Waals surface area contributed by atoms with Crippen molar-refractivity contribution in [1.29, 1.82) is 0 Å². The van der Waals surface area contributed by atoms with Crippen LogP contribution in [0, 0.1) is 41.5 Å². The van der Waals surface area contributed by atoms with Crippen LogP contribution in [0.15, 0.2) is 18.2 Å². The van der Waals surface area contributed by atoms with Gasteiger partial charge < -0.3 is 19.2 Å². The number of nitrogens with zero attached hydrogens (tertiary/aromatic N) is 6. The standard InChI is InChI=1S/3C22H43N2.H3O4P/c3*1-5-6-7-8-9-10-11-12-13-14-15-16-17-18-19-24-22(3)20-21(2)23(24)4;1-5(2,3)4/h3*20H,5-19H2,1-4H3;(H3,1,2,3,4)/q3*+1;/p-3. The molecular formula is C66H129N6O4P. The fourth-order valence-electron chi connectivity index (χ4n) is 11.0. The Morgan fingerprint density at radius 1 is 0.299 bits per heavy atom. The lowest BCUT2D eigenvalue weighted by Gasteiger charge is -2.36. The molecule has 0 bridgehead atoms. The summed E-state index contributed by atoms with van der Waals surface area (Å²) in [7, 11) is 1.13. The number of rotatable bonds is 45. The first-order chi connectivity index (χ1) is 37.0. The van der Waals surface area contributed by atoms with Crippen molar-refractivity contribution in [2.45, 2.75) is 352 Å². The summed E-state index contributed by atoms with van der Waals surface area (Å²) in [6, 6.07) is 6.84. The topological polar surface area (TPSA) is 113 Å². The second-order valence-electron chi connectivity index (χ2n) is 23.5. The molecule has 0 spiro atoms. The molecule has 3 heterocycles. The summed E-state index contributed by atoms with van der Waals surface area (Å²) < 4.78 is 22.7. The van der Waals surface area contributed by atoms with Gasteiger partial charge in [-0.25, -0.2) is 0 Å². The van der Waals surface area contributed by atoms with Gasteiger partial charge in [0.2, 0.25) is 17.1 Å². The first kappa shape index (κ1) is 74.7. The van der Waals surface area contributed by atoms with Crippen LogP contribution in [0.4, 0.5) is 0 Å². The van der Waals surface area contributed by atoms with E-state index in [1.165, 1.54) is 323 Å². The van der Waals surface area contributed by atoms with Crippen LogP contribution in [0.25, 0.3) is 0 Å². The molecule has 0 amide bonds. The number of hydrogen-bond acceptors (Lipinski definition) is 4. The molecule has 3 rings (SSSR count). The summed E-state index contributed by atoms with van der Waals surface area (Å²) in [6.07, 6.45) is 60.1. The van der Waals surface area contributed by atoms with Crippen molar-refractivity contribution in [3.05, 3.63) is 52.4 Å². The fraction of sp³-hybridized carbons (Fsp3) is 0.864. The van der Waals surface area contributed by atoms with Crippen molar-refractivity contribution in [2.75, 3.05) is 0 Å². The molecule has 0 aliphatic carbocycles. The first-order valence-electron chi connectivity index (χ1n) is 32.8.